The zero-order valence-corrected chi connectivity index (χ0v) is 13.5. The molecule has 1 amide bonds. The Morgan fingerprint density at radius 1 is 1.14 bits per heavy atom. The van der Waals surface area contributed by atoms with Gasteiger partial charge in [-0.05, 0) is 42.8 Å². The molecular weight excluding hydrogens is 330 g/mol. The number of hydrogen-bond donors (Lipinski definition) is 2. The van der Waals surface area contributed by atoms with Crippen molar-refractivity contribution in [1.82, 2.24) is 10.3 Å². The first-order chi connectivity index (χ1) is 10.2. The molecule has 1 aromatic heterocycles. The summed E-state index contributed by atoms with van der Waals surface area (Å²) in [5.74, 6) is -0.126. The van der Waals surface area contributed by atoms with Gasteiger partial charge in [0.05, 0.1) is 11.9 Å². The predicted molar refractivity (Wildman–Crippen MR) is 88.9 cm³/mol. The molecule has 5 heteroatoms. The lowest BCUT2D eigenvalue weighted by Crippen LogP contribution is -2.25. The van der Waals surface area contributed by atoms with E-state index < -0.39 is 0 Å². The van der Waals surface area contributed by atoms with Gasteiger partial charge in [0.1, 0.15) is 5.69 Å². The Morgan fingerprint density at radius 3 is 2.48 bits per heavy atom. The largest absolute Gasteiger partial charge is 0.354 e. The lowest BCUT2D eigenvalue weighted by atomic mass is 10.2. The van der Waals surface area contributed by atoms with E-state index in [1.54, 1.807) is 12.3 Å². The Labute approximate surface area is 133 Å². The molecule has 0 spiro atoms. The summed E-state index contributed by atoms with van der Waals surface area (Å²) >= 11 is 3.40. The summed E-state index contributed by atoms with van der Waals surface area (Å²) in [5.41, 5.74) is 2.26. The van der Waals surface area contributed by atoms with E-state index in [0.717, 1.165) is 28.7 Å². The zero-order chi connectivity index (χ0) is 15.1. The molecule has 2 N–H and O–H groups in total. The van der Waals surface area contributed by atoms with Crippen LogP contribution in [0.1, 0.15) is 30.3 Å². The number of halogens is 1. The van der Waals surface area contributed by atoms with Crippen LogP contribution in [-0.2, 0) is 0 Å². The second-order valence-corrected chi connectivity index (χ2v) is 5.59. The minimum absolute atomic E-state index is 0.126. The number of nitrogens with one attached hydrogen (secondary N) is 2. The highest BCUT2D eigenvalue weighted by atomic mass is 79.9. The summed E-state index contributed by atoms with van der Waals surface area (Å²) in [6, 6.07) is 11.4. The number of amides is 1. The molecule has 110 valence electrons. The maximum absolute atomic E-state index is 11.8. The van der Waals surface area contributed by atoms with Crippen molar-refractivity contribution in [3.63, 3.8) is 0 Å². The highest BCUT2D eigenvalue weighted by Gasteiger charge is 2.06. The van der Waals surface area contributed by atoms with Crippen LogP contribution in [0.25, 0.3) is 0 Å². The van der Waals surface area contributed by atoms with E-state index in [-0.39, 0.29) is 5.91 Å². The fourth-order valence-corrected chi connectivity index (χ4v) is 2.04. The number of unbranched alkanes of at least 4 members (excludes halogenated alkanes) is 1. The van der Waals surface area contributed by atoms with Gasteiger partial charge in [-0.3, -0.25) is 4.79 Å². The Morgan fingerprint density at radius 2 is 1.86 bits per heavy atom. The average Bonchev–Trinajstić information content (AvgIpc) is 2.50. The molecule has 1 aromatic carbocycles. The maximum Gasteiger partial charge on any atom is 0.269 e. The molecule has 0 aliphatic rings. The van der Waals surface area contributed by atoms with Crippen LogP contribution in [-0.4, -0.2) is 17.4 Å². The topological polar surface area (TPSA) is 54.0 Å². The number of carbonyl (C=O) groups is 1. The van der Waals surface area contributed by atoms with Gasteiger partial charge in [-0.1, -0.05) is 29.3 Å². The van der Waals surface area contributed by atoms with E-state index in [9.17, 15) is 4.79 Å². The van der Waals surface area contributed by atoms with Crippen LogP contribution in [0, 0.1) is 0 Å². The van der Waals surface area contributed by atoms with E-state index in [2.05, 4.69) is 38.5 Å². The van der Waals surface area contributed by atoms with Gasteiger partial charge in [-0.2, -0.15) is 0 Å². The Balaban J connectivity index is 1.95. The van der Waals surface area contributed by atoms with Crippen LogP contribution < -0.4 is 10.6 Å². The summed E-state index contributed by atoms with van der Waals surface area (Å²) in [5, 5.41) is 6.08. The van der Waals surface area contributed by atoms with Crippen molar-refractivity contribution in [1.29, 1.82) is 0 Å². The number of nitrogens with zero attached hydrogens (tertiary/aromatic N) is 1. The van der Waals surface area contributed by atoms with Crippen LogP contribution in [0.2, 0.25) is 0 Å². The molecule has 0 atom stereocenters. The highest BCUT2D eigenvalue weighted by Crippen LogP contribution is 2.18. The number of carbonyl (C=O) groups excluding carboxylic acids is 1. The van der Waals surface area contributed by atoms with Gasteiger partial charge in [0.2, 0.25) is 0 Å². The molecule has 2 rings (SSSR count). The average molecular weight is 348 g/mol. The number of hydrogen-bond acceptors (Lipinski definition) is 3. The third-order valence-corrected chi connectivity index (χ3v) is 3.47. The Bertz CT molecular complexity index is 581. The molecule has 0 saturated carbocycles. The zero-order valence-electron chi connectivity index (χ0n) is 11.9. The number of benzene rings is 1. The van der Waals surface area contributed by atoms with Gasteiger partial charge in [0.15, 0.2) is 0 Å². The van der Waals surface area contributed by atoms with Gasteiger partial charge in [0, 0.05) is 16.7 Å². The molecular formula is C16H18BrN3O. The Hall–Kier alpha value is -1.88. The van der Waals surface area contributed by atoms with Gasteiger partial charge < -0.3 is 10.6 Å². The molecule has 4 nitrogen and oxygen atoms in total. The summed E-state index contributed by atoms with van der Waals surface area (Å²) in [6.45, 7) is 2.78. The van der Waals surface area contributed by atoms with Gasteiger partial charge in [-0.25, -0.2) is 4.98 Å². The fourth-order valence-electron chi connectivity index (χ4n) is 1.77. The SMILES string of the molecule is CCCCNC(=O)c1ccc(Nc2ccc(Br)cc2)cn1. The lowest BCUT2D eigenvalue weighted by Gasteiger charge is -2.07. The molecule has 0 radical (unpaired) electrons. The fraction of sp³-hybridized carbons (Fsp3) is 0.250. The first-order valence-electron chi connectivity index (χ1n) is 6.96. The van der Waals surface area contributed by atoms with Crippen molar-refractivity contribution >= 4 is 33.2 Å². The molecule has 21 heavy (non-hydrogen) atoms. The molecule has 0 aliphatic carbocycles. The second-order valence-electron chi connectivity index (χ2n) is 4.67. The summed E-state index contributed by atoms with van der Waals surface area (Å²) < 4.78 is 1.03. The summed E-state index contributed by atoms with van der Waals surface area (Å²) in [7, 11) is 0. The van der Waals surface area contributed by atoms with E-state index in [0.29, 0.717) is 12.2 Å². The van der Waals surface area contributed by atoms with E-state index >= 15 is 0 Å². The van der Waals surface area contributed by atoms with Crippen LogP contribution in [0.3, 0.4) is 0 Å². The van der Waals surface area contributed by atoms with E-state index in [1.165, 1.54) is 0 Å². The predicted octanol–water partition coefficient (Wildman–Crippen LogP) is 4.12. The molecule has 2 aromatic rings. The van der Waals surface area contributed by atoms with Crippen LogP contribution in [0.4, 0.5) is 11.4 Å². The van der Waals surface area contributed by atoms with Gasteiger partial charge in [-0.15, -0.1) is 0 Å². The quantitative estimate of drug-likeness (QED) is 0.772. The van der Waals surface area contributed by atoms with Gasteiger partial charge in [0.25, 0.3) is 5.91 Å². The maximum atomic E-state index is 11.8. The van der Waals surface area contributed by atoms with Crippen molar-refractivity contribution in [3.8, 4) is 0 Å². The monoisotopic (exact) mass is 347 g/mol. The number of pyridine rings is 1. The van der Waals surface area contributed by atoms with Crippen LogP contribution in [0.5, 0.6) is 0 Å². The molecule has 1 heterocycles. The minimum Gasteiger partial charge on any atom is -0.354 e. The first kappa shape index (κ1) is 15.5. The van der Waals surface area contributed by atoms with Crippen LogP contribution >= 0.6 is 15.9 Å². The third-order valence-electron chi connectivity index (χ3n) is 2.94. The lowest BCUT2D eigenvalue weighted by molar-refractivity contribution is 0.0948. The van der Waals surface area contributed by atoms with Crippen molar-refractivity contribution in [2.45, 2.75) is 19.8 Å². The van der Waals surface area contributed by atoms with E-state index in [4.69, 9.17) is 0 Å². The molecule has 0 bridgehead atoms. The molecule has 0 aliphatic heterocycles. The van der Waals surface area contributed by atoms with Crippen LogP contribution in [0.15, 0.2) is 47.1 Å². The number of rotatable bonds is 6. The minimum atomic E-state index is -0.126. The third kappa shape index (κ3) is 4.86. The van der Waals surface area contributed by atoms with Crippen molar-refractivity contribution in [2.75, 3.05) is 11.9 Å². The molecule has 0 unspecified atom stereocenters. The molecule has 0 saturated heterocycles. The second kappa shape index (κ2) is 7.78. The van der Waals surface area contributed by atoms with Crippen molar-refractivity contribution in [2.24, 2.45) is 0 Å². The summed E-state index contributed by atoms with van der Waals surface area (Å²) in [6.07, 6.45) is 3.70. The van der Waals surface area contributed by atoms with E-state index in [1.807, 2.05) is 30.3 Å². The highest BCUT2D eigenvalue weighted by molar-refractivity contribution is 9.10. The number of aromatic nitrogens is 1. The van der Waals surface area contributed by atoms with Crippen molar-refractivity contribution in [3.05, 3.63) is 52.8 Å². The van der Waals surface area contributed by atoms with Gasteiger partial charge >= 0.3 is 0 Å². The van der Waals surface area contributed by atoms with Crippen molar-refractivity contribution < 1.29 is 4.79 Å². The molecule has 0 fully saturated rings. The standard InChI is InChI=1S/C16H18BrN3O/c1-2-3-10-18-16(21)15-9-8-14(11-19-15)20-13-6-4-12(17)5-7-13/h4-9,11,20H,2-3,10H2,1H3,(H,18,21). The number of anilines is 2. The Kier molecular flexibility index (Phi) is 5.75. The smallest absolute Gasteiger partial charge is 0.269 e. The normalized spacial score (nSPS) is 10.2. The first-order valence-corrected chi connectivity index (χ1v) is 7.75. The summed E-state index contributed by atoms with van der Waals surface area (Å²) in [4.78, 5) is 16.0.